The maximum atomic E-state index is 11.8. The van der Waals surface area contributed by atoms with E-state index in [4.69, 9.17) is 5.11 Å². The number of amides is 2. The highest BCUT2D eigenvalue weighted by Gasteiger charge is 2.26. The zero-order valence-corrected chi connectivity index (χ0v) is 12.5. The molecule has 0 unspecified atom stereocenters. The highest BCUT2D eigenvalue weighted by Crippen LogP contribution is 2.08. The number of carboxylic acids is 1. The molecule has 112 valence electrons. The second-order valence-corrected chi connectivity index (χ2v) is 6.96. The van der Waals surface area contributed by atoms with Crippen LogP contribution in [0.25, 0.3) is 0 Å². The van der Waals surface area contributed by atoms with Gasteiger partial charge in [-0.1, -0.05) is 20.3 Å². The first kappa shape index (κ1) is 17.7. The van der Waals surface area contributed by atoms with Crippen molar-refractivity contribution in [1.29, 1.82) is 0 Å². The second kappa shape index (κ2) is 7.32. The van der Waals surface area contributed by atoms with E-state index in [1.165, 1.54) is 11.9 Å². The number of carboxylic acid groups (broad SMARTS) is 1. The number of rotatable bonds is 7. The molecule has 0 saturated heterocycles. The summed E-state index contributed by atoms with van der Waals surface area (Å²) >= 11 is 0. The number of nitrogens with zero attached hydrogens (tertiary/aromatic N) is 1. The molecule has 2 atom stereocenters. The summed E-state index contributed by atoms with van der Waals surface area (Å²) in [6.07, 6.45) is 1.70. The van der Waals surface area contributed by atoms with Crippen molar-refractivity contribution in [2.24, 2.45) is 5.92 Å². The van der Waals surface area contributed by atoms with Crippen molar-refractivity contribution >= 4 is 21.8 Å². The van der Waals surface area contributed by atoms with Crippen LogP contribution in [0, 0.1) is 5.92 Å². The third kappa shape index (κ3) is 7.00. The summed E-state index contributed by atoms with van der Waals surface area (Å²) in [6, 6.07) is -1.56. The van der Waals surface area contributed by atoms with Crippen LogP contribution in [0.1, 0.15) is 20.3 Å². The molecule has 0 heterocycles. The Balaban J connectivity index is 4.52. The molecule has 2 amide bonds. The van der Waals surface area contributed by atoms with Gasteiger partial charge >= 0.3 is 12.0 Å². The first-order valence-corrected chi connectivity index (χ1v) is 8.06. The molecule has 0 spiro atoms. The summed E-state index contributed by atoms with van der Waals surface area (Å²) in [5.74, 6) is -1.46. The predicted molar refractivity (Wildman–Crippen MR) is 71.8 cm³/mol. The number of hydrogen-bond acceptors (Lipinski definition) is 4. The number of hydrogen-bond donors (Lipinski definition) is 2. The average Bonchev–Trinajstić information content (AvgIpc) is 2.30. The van der Waals surface area contributed by atoms with Crippen LogP contribution in [0.15, 0.2) is 0 Å². The zero-order valence-electron chi connectivity index (χ0n) is 11.7. The van der Waals surface area contributed by atoms with Crippen molar-refractivity contribution in [1.82, 2.24) is 10.2 Å². The van der Waals surface area contributed by atoms with E-state index >= 15 is 0 Å². The molecule has 0 fully saturated rings. The number of urea groups is 1. The number of nitrogens with one attached hydrogen (secondary N) is 1. The molecule has 0 rings (SSSR count). The lowest BCUT2D eigenvalue weighted by atomic mass is 9.99. The van der Waals surface area contributed by atoms with Gasteiger partial charge in [0.15, 0.2) is 0 Å². The van der Waals surface area contributed by atoms with Crippen LogP contribution in [-0.4, -0.2) is 62.1 Å². The van der Waals surface area contributed by atoms with Crippen molar-refractivity contribution in [3.8, 4) is 0 Å². The van der Waals surface area contributed by atoms with Gasteiger partial charge in [-0.3, -0.25) is 0 Å². The molecule has 0 aromatic carbocycles. The van der Waals surface area contributed by atoms with Gasteiger partial charge in [-0.25, -0.2) is 18.0 Å². The molecule has 0 aliphatic carbocycles. The fourth-order valence-corrected chi connectivity index (χ4v) is 1.94. The van der Waals surface area contributed by atoms with Gasteiger partial charge in [0.25, 0.3) is 0 Å². The first-order chi connectivity index (χ1) is 8.58. The summed E-state index contributed by atoms with van der Waals surface area (Å²) in [7, 11) is -1.73. The Kier molecular flexibility index (Phi) is 6.82. The minimum Gasteiger partial charge on any atom is -0.480 e. The largest absolute Gasteiger partial charge is 0.480 e. The summed E-state index contributed by atoms with van der Waals surface area (Å²) in [6.45, 7) is 3.59. The van der Waals surface area contributed by atoms with Gasteiger partial charge in [-0.05, 0) is 5.92 Å². The summed E-state index contributed by atoms with van der Waals surface area (Å²) in [5, 5.41) is 11.4. The van der Waals surface area contributed by atoms with Gasteiger partial charge in [0, 0.05) is 19.8 Å². The molecule has 0 aliphatic heterocycles. The minimum absolute atomic E-state index is 0.0253. The molecule has 2 N–H and O–H groups in total. The lowest BCUT2D eigenvalue weighted by Gasteiger charge is -2.24. The van der Waals surface area contributed by atoms with Gasteiger partial charge in [-0.15, -0.1) is 0 Å². The molecular weight excluding hydrogens is 272 g/mol. The Morgan fingerprint density at radius 3 is 2.26 bits per heavy atom. The molecule has 8 heteroatoms. The maximum Gasteiger partial charge on any atom is 0.326 e. The van der Waals surface area contributed by atoms with E-state index in [-0.39, 0.29) is 18.2 Å². The summed E-state index contributed by atoms with van der Waals surface area (Å²) in [4.78, 5) is 24.0. The van der Waals surface area contributed by atoms with Crippen LogP contribution in [0.4, 0.5) is 4.79 Å². The molecular formula is C11H22N2O5S. The Morgan fingerprint density at radius 1 is 1.37 bits per heavy atom. The number of carbonyl (C=O) groups is 2. The van der Waals surface area contributed by atoms with E-state index in [1.54, 1.807) is 6.92 Å². The standard InChI is InChI=1S/C11H22N2O5S/c1-5-8(2)9(10(14)15)12-11(16)13(3)6-7-19(4,17)18/h8-9H,5-7H2,1-4H3,(H,12,16)(H,14,15)/t8-,9-/m0/s1. The number of aliphatic carboxylic acids is 1. The molecule has 0 aliphatic rings. The van der Waals surface area contributed by atoms with Crippen molar-refractivity contribution < 1.29 is 23.1 Å². The van der Waals surface area contributed by atoms with E-state index in [0.29, 0.717) is 6.42 Å². The summed E-state index contributed by atoms with van der Waals surface area (Å²) < 4.78 is 22.0. The lowest BCUT2D eigenvalue weighted by molar-refractivity contribution is -0.140. The molecule has 0 saturated carbocycles. The molecule has 19 heavy (non-hydrogen) atoms. The van der Waals surface area contributed by atoms with Crippen molar-refractivity contribution in [2.75, 3.05) is 25.6 Å². The van der Waals surface area contributed by atoms with E-state index in [1.807, 2.05) is 6.92 Å². The van der Waals surface area contributed by atoms with Gasteiger partial charge in [0.05, 0.1) is 5.75 Å². The van der Waals surface area contributed by atoms with Crippen molar-refractivity contribution in [3.05, 3.63) is 0 Å². The molecule has 0 aromatic rings. The SMILES string of the molecule is CC[C@H](C)[C@H](NC(=O)N(C)CCS(C)(=O)=O)C(=O)O. The third-order valence-electron chi connectivity index (χ3n) is 2.90. The van der Waals surface area contributed by atoms with Gasteiger partial charge in [0.2, 0.25) is 0 Å². The smallest absolute Gasteiger partial charge is 0.326 e. The van der Waals surface area contributed by atoms with Crippen LogP contribution in [0.2, 0.25) is 0 Å². The Morgan fingerprint density at radius 2 is 1.89 bits per heavy atom. The van der Waals surface area contributed by atoms with Crippen LogP contribution < -0.4 is 5.32 Å². The van der Waals surface area contributed by atoms with Gasteiger partial charge in [0.1, 0.15) is 15.9 Å². The molecule has 7 nitrogen and oxygen atoms in total. The Hall–Kier alpha value is -1.31. The third-order valence-corrected chi connectivity index (χ3v) is 3.83. The quantitative estimate of drug-likeness (QED) is 0.696. The van der Waals surface area contributed by atoms with Crippen molar-refractivity contribution in [3.63, 3.8) is 0 Å². The fraction of sp³-hybridized carbons (Fsp3) is 0.818. The summed E-state index contributed by atoms with van der Waals surface area (Å²) in [5.41, 5.74) is 0. The van der Waals surface area contributed by atoms with Crippen molar-refractivity contribution in [2.45, 2.75) is 26.3 Å². The minimum atomic E-state index is -3.16. The van der Waals surface area contributed by atoms with Crippen LogP contribution in [0.3, 0.4) is 0 Å². The normalized spacial score (nSPS) is 14.5. The van der Waals surface area contributed by atoms with Gasteiger partial charge in [-0.2, -0.15) is 0 Å². The lowest BCUT2D eigenvalue weighted by Crippen LogP contribution is -2.50. The van der Waals surface area contributed by atoms with Gasteiger partial charge < -0.3 is 15.3 Å². The van der Waals surface area contributed by atoms with E-state index in [9.17, 15) is 18.0 Å². The average molecular weight is 294 g/mol. The van der Waals surface area contributed by atoms with Crippen LogP contribution in [-0.2, 0) is 14.6 Å². The first-order valence-electron chi connectivity index (χ1n) is 6.00. The fourth-order valence-electron chi connectivity index (χ4n) is 1.33. The van der Waals surface area contributed by atoms with Crippen LogP contribution >= 0.6 is 0 Å². The highest BCUT2D eigenvalue weighted by atomic mass is 32.2. The van der Waals surface area contributed by atoms with E-state index in [0.717, 1.165) is 6.26 Å². The second-order valence-electron chi connectivity index (χ2n) is 4.70. The molecule has 0 aromatic heterocycles. The topological polar surface area (TPSA) is 104 Å². The number of carbonyl (C=O) groups excluding carboxylic acids is 1. The van der Waals surface area contributed by atoms with E-state index < -0.39 is 27.9 Å². The Bertz CT molecular complexity index is 421. The number of sulfone groups is 1. The highest BCUT2D eigenvalue weighted by molar-refractivity contribution is 7.90. The molecule has 0 radical (unpaired) electrons. The maximum absolute atomic E-state index is 11.8. The zero-order chi connectivity index (χ0) is 15.2. The van der Waals surface area contributed by atoms with Crippen LogP contribution in [0.5, 0.6) is 0 Å². The van der Waals surface area contributed by atoms with E-state index in [2.05, 4.69) is 5.32 Å². The molecule has 0 bridgehead atoms. The monoisotopic (exact) mass is 294 g/mol. The predicted octanol–water partition coefficient (Wildman–Crippen LogP) is 0.172. The Labute approximate surface area is 113 Å².